The largest absolute Gasteiger partial charge is 0.480 e. The molecule has 1 aromatic carbocycles. The van der Waals surface area contributed by atoms with Gasteiger partial charge in [-0.25, -0.2) is 4.98 Å². The van der Waals surface area contributed by atoms with Gasteiger partial charge in [0.15, 0.2) is 0 Å². The molecule has 0 aliphatic rings. The lowest BCUT2D eigenvalue weighted by Crippen LogP contribution is -2.26. The summed E-state index contributed by atoms with van der Waals surface area (Å²) < 4.78 is 0. The molecule has 1 N–H and O–H groups in total. The van der Waals surface area contributed by atoms with Gasteiger partial charge in [0.2, 0.25) is 0 Å². The van der Waals surface area contributed by atoms with Crippen molar-refractivity contribution in [2.24, 2.45) is 0 Å². The molecule has 0 radical (unpaired) electrons. The number of aliphatic carboxylic acids is 1. The molecule has 21 heavy (non-hydrogen) atoms. The van der Waals surface area contributed by atoms with Gasteiger partial charge in [0, 0.05) is 31.9 Å². The zero-order valence-corrected chi connectivity index (χ0v) is 12.9. The Bertz CT molecular complexity index is 668. The van der Waals surface area contributed by atoms with E-state index in [2.05, 4.69) is 30.1 Å². The summed E-state index contributed by atoms with van der Waals surface area (Å²) in [5.41, 5.74) is 2.24. The van der Waals surface area contributed by atoms with Crippen LogP contribution < -0.4 is 9.80 Å². The lowest BCUT2D eigenvalue weighted by atomic mass is 10.0. The molecule has 0 saturated carbocycles. The first-order chi connectivity index (χ1) is 9.93. The van der Waals surface area contributed by atoms with Gasteiger partial charge in [-0.1, -0.05) is 19.1 Å². The van der Waals surface area contributed by atoms with Gasteiger partial charge in [0.05, 0.1) is 11.9 Å². The van der Waals surface area contributed by atoms with E-state index in [4.69, 9.17) is 5.11 Å². The minimum atomic E-state index is -0.865. The van der Waals surface area contributed by atoms with Crippen molar-refractivity contribution in [3.63, 3.8) is 0 Å². The van der Waals surface area contributed by atoms with E-state index in [0.29, 0.717) is 5.82 Å². The van der Waals surface area contributed by atoms with Crippen LogP contribution in [0, 0.1) is 0 Å². The molecule has 0 aliphatic heterocycles. The Labute approximate surface area is 124 Å². The van der Waals surface area contributed by atoms with Gasteiger partial charge in [-0.05, 0) is 18.1 Å². The maximum Gasteiger partial charge on any atom is 0.323 e. The number of hydrogen-bond donors (Lipinski definition) is 1. The van der Waals surface area contributed by atoms with E-state index < -0.39 is 5.97 Å². The summed E-state index contributed by atoms with van der Waals surface area (Å²) in [6.07, 6.45) is 2.73. The smallest absolute Gasteiger partial charge is 0.323 e. The zero-order valence-electron chi connectivity index (χ0n) is 12.9. The van der Waals surface area contributed by atoms with Crippen molar-refractivity contribution in [1.29, 1.82) is 0 Å². The van der Waals surface area contributed by atoms with Crippen LogP contribution in [0.3, 0.4) is 0 Å². The average Bonchev–Trinajstić information content (AvgIpc) is 2.44. The molecule has 1 heterocycles. The van der Waals surface area contributed by atoms with Crippen molar-refractivity contribution in [1.82, 2.24) is 4.98 Å². The number of pyridine rings is 1. The number of hydrogen-bond acceptors (Lipinski definition) is 4. The van der Waals surface area contributed by atoms with Crippen molar-refractivity contribution in [3.05, 3.63) is 30.0 Å². The zero-order chi connectivity index (χ0) is 15.6. The topological polar surface area (TPSA) is 56.7 Å². The summed E-state index contributed by atoms with van der Waals surface area (Å²) in [4.78, 5) is 19.1. The highest BCUT2D eigenvalue weighted by atomic mass is 16.4. The standard InChI is InChI=1S/C16H21N3O2/c1-5-11-6-7-12-13(8-11)16(19(4)10-15(20)21)17-9-14(12)18(2)3/h6-9H,5,10H2,1-4H3,(H,20,21). The number of carboxylic acid groups (broad SMARTS) is 1. The summed E-state index contributed by atoms with van der Waals surface area (Å²) in [7, 11) is 5.71. The van der Waals surface area contributed by atoms with E-state index in [0.717, 1.165) is 22.9 Å². The van der Waals surface area contributed by atoms with Gasteiger partial charge < -0.3 is 14.9 Å². The van der Waals surface area contributed by atoms with Crippen LogP contribution in [0.4, 0.5) is 11.5 Å². The number of likely N-dealkylation sites (N-methyl/N-ethyl adjacent to an activating group) is 1. The second-order valence-corrected chi connectivity index (χ2v) is 5.34. The molecular formula is C16H21N3O2. The molecule has 1 aromatic heterocycles. The predicted molar refractivity (Wildman–Crippen MR) is 86.4 cm³/mol. The number of fused-ring (bicyclic) bond motifs is 1. The molecular weight excluding hydrogens is 266 g/mol. The summed E-state index contributed by atoms with van der Waals surface area (Å²) >= 11 is 0. The molecule has 0 amide bonds. The third-order valence-electron chi connectivity index (χ3n) is 3.53. The Morgan fingerprint density at radius 1 is 1.24 bits per heavy atom. The monoisotopic (exact) mass is 287 g/mol. The number of carbonyl (C=O) groups is 1. The van der Waals surface area contributed by atoms with Gasteiger partial charge in [-0.2, -0.15) is 0 Å². The maximum absolute atomic E-state index is 10.9. The number of benzene rings is 1. The van der Waals surface area contributed by atoms with Crippen LogP contribution in [-0.2, 0) is 11.2 Å². The number of rotatable bonds is 5. The molecule has 0 bridgehead atoms. The summed E-state index contributed by atoms with van der Waals surface area (Å²) in [5, 5.41) is 11.1. The molecule has 0 saturated heterocycles. The lowest BCUT2D eigenvalue weighted by Gasteiger charge is -2.22. The fourth-order valence-electron chi connectivity index (χ4n) is 2.42. The van der Waals surface area contributed by atoms with Crippen LogP contribution in [0.15, 0.2) is 24.4 Å². The number of anilines is 2. The number of nitrogens with zero attached hydrogens (tertiary/aromatic N) is 3. The van der Waals surface area contributed by atoms with Gasteiger partial charge in [0.25, 0.3) is 0 Å². The normalized spacial score (nSPS) is 10.7. The Morgan fingerprint density at radius 2 is 1.95 bits per heavy atom. The molecule has 2 aromatic rings. The maximum atomic E-state index is 10.9. The molecule has 5 heteroatoms. The number of aryl methyl sites for hydroxylation is 1. The molecule has 112 valence electrons. The summed E-state index contributed by atoms with van der Waals surface area (Å²) in [6.45, 7) is 2.03. The van der Waals surface area contributed by atoms with E-state index >= 15 is 0 Å². The first kappa shape index (κ1) is 15.1. The minimum Gasteiger partial charge on any atom is -0.480 e. The Hall–Kier alpha value is -2.30. The van der Waals surface area contributed by atoms with E-state index in [-0.39, 0.29) is 6.54 Å². The van der Waals surface area contributed by atoms with E-state index in [1.807, 2.05) is 19.0 Å². The van der Waals surface area contributed by atoms with Crippen LogP contribution >= 0.6 is 0 Å². The van der Waals surface area contributed by atoms with E-state index in [1.165, 1.54) is 5.56 Å². The molecule has 0 unspecified atom stereocenters. The van der Waals surface area contributed by atoms with Gasteiger partial charge in [-0.3, -0.25) is 4.79 Å². The van der Waals surface area contributed by atoms with Crippen LogP contribution in [-0.4, -0.2) is 43.7 Å². The number of carboxylic acids is 1. The fraction of sp³-hybridized carbons (Fsp3) is 0.375. The van der Waals surface area contributed by atoms with Crippen LogP contribution in [0.1, 0.15) is 12.5 Å². The quantitative estimate of drug-likeness (QED) is 0.915. The van der Waals surface area contributed by atoms with E-state index in [1.54, 1.807) is 18.1 Å². The van der Waals surface area contributed by atoms with Gasteiger partial charge in [0.1, 0.15) is 12.4 Å². The predicted octanol–water partition coefficient (Wildman–Crippen LogP) is 2.38. The van der Waals surface area contributed by atoms with Gasteiger partial charge >= 0.3 is 5.97 Å². The molecule has 0 fully saturated rings. The third-order valence-corrected chi connectivity index (χ3v) is 3.53. The van der Waals surface area contributed by atoms with Crippen molar-refractivity contribution in [2.45, 2.75) is 13.3 Å². The van der Waals surface area contributed by atoms with Crippen LogP contribution in [0.25, 0.3) is 10.8 Å². The number of aromatic nitrogens is 1. The summed E-state index contributed by atoms with van der Waals surface area (Å²) in [5.74, 6) is -0.163. The second kappa shape index (κ2) is 5.99. The van der Waals surface area contributed by atoms with Crippen molar-refractivity contribution in [3.8, 4) is 0 Å². The average molecular weight is 287 g/mol. The fourth-order valence-corrected chi connectivity index (χ4v) is 2.42. The molecule has 2 rings (SSSR count). The van der Waals surface area contributed by atoms with Gasteiger partial charge in [-0.15, -0.1) is 0 Å². The van der Waals surface area contributed by atoms with Crippen LogP contribution in [0.2, 0.25) is 0 Å². The lowest BCUT2D eigenvalue weighted by molar-refractivity contribution is -0.135. The van der Waals surface area contributed by atoms with Crippen molar-refractivity contribution >= 4 is 28.2 Å². The highest BCUT2D eigenvalue weighted by molar-refractivity contribution is 6.01. The van der Waals surface area contributed by atoms with Crippen LogP contribution in [0.5, 0.6) is 0 Å². The Kier molecular flexibility index (Phi) is 4.31. The van der Waals surface area contributed by atoms with Crippen molar-refractivity contribution in [2.75, 3.05) is 37.5 Å². The minimum absolute atomic E-state index is 0.0697. The highest BCUT2D eigenvalue weighted by Gasteiger charge is 2.14. The van der Waals surface area contributed by atoms with Crippen molar-refractivity contribution < 1.29 is 9.90 Å². The second-order valence-electron chi connectivity index (χ2n) is 5.34. The molecule has 0 atom stereocenters. The molecule has 0 aliphatic carbocycles. The molecule has 0 spiro atoms. The van der Waals surface area contributed by atoms with E-state index in [9.17, 15) is 4.79 Å². The Balaban J connectivity index is 2.65. The first-order valence-corrected chi connectivity index (χ1v) is 6.96. The Morgan fingerprint density at radius 3 is 2.52 bits per heavy atom. The summed E-state index contributed by atoms with van der Waals surface area (Å²) in [6, 6.07) is 6.29. The first-order valence-electron chi connectivity index (χ1n) is 6.96. The molecule has 5 nitrogen and oxygen atoms in total. The SMILES string of the molecule is CCc1ccc2c(N(C)C)cnc(N(C)CC(=O)O)c2c1. The highest BCUT2D eigenvalue weighted by Crippen LogP contribution is 2.32. The third kappa shape index (κ3) is 3.07.